The molecule has 0 aliphatic rings. The number of aliphatic hydroxyl groups excluding tert-OH is 1. The standard InChI is InChI=1S/C14H12N2O2/c17-6-2-4-12-7-14(10-16-8-12)18-11-13-3-1-5-15-9-13/h1,3,5,7-10,17H,6,11H2. The third-order valence-corrected chi connectivity index (χ3v) is 2.15. The van der Waals surface area contributed by atoms with E-state index in [4.69, 9.17) is 9.84 Å². The van der Waals surface area contributed by atoms with E-state index in [2.05, 4.69) is 21.8 Å². The lowest BCUT2D eigenvalue weighted by atomic mass is 10.3. The molecule has 0 saturated heterocycles. The number of rotatable bonds is 3. The SMILES string of the molecule is OCC#Cc1cncc(OCc2cccnc2)c1. The van der Waals surface area contributed by atoms with Gasteiger partial charge >= 0.3 is 0 Å². The largest absolute Gasteiger partial charge is 0.487 e. The number of nitrogens with zero attached hydrogens (tertiary/aromatic N) is 2. The van der Waals surface area contributed by atoms with Crippen LogP contribution in [0.15, 0.2) is 43.0 Å². The van der Waals surface area contributed by atoms with Crippen molar-refractivity contribution in [1.29, 1.82) is 0 Å². The van der Waals surface area contributed by atoms with E-state index in [1.165, 1.54) is 0 Å². The van der Waals surface area contributed by atoms with Crippen LogP contribution in [0.4, 0.5) is 0 Å². The van der Waals surface area contributed by atoms with Gasteiger partial charge in [0.1, 0.15) is 19.0 Å². The van der Waals surface area contributed by atoms with E-state index >= 15 is 0 Å². The number of ether oxygens (including phenoxy) is 1. The summed E-state index contributed by atoms with van der Waals surface area (Å²) >= 11 is 0. The van der Waals surface area contributed by atoms with Gasteiger partial charge in [-0.15, -0.1) is 0 Å². The third-order valence-electron chi connectivity index (χ3n) is 2.15. The van der Waals surface area contributed by atoms with Crippen LogP contribution in [-0.2, 0) is 6.61 Å². The summed E-state index contributed by atoms with van der Waals surface area (Å²) in [5.41, 5.74) is 1.71. The van der Waals surface area contributed by atoms with Gasteiger partial charge in [0.15, 0.2) is 0 Å². The average Bonchev–Trinajstić information content (AvgIpc) is 2.44. The quantitative estimate of drug-likeness (QED) is 0.824. The van der Waals surface area contributed by atoms with Crippen LogP contribution in [0.3, 0.4) is 0 Å². The van der Waals surface area contributed by atoms with Gasteiger partial charge in [0.25, 0.3) is 0 Å². The molecule has 18 heavy (non-hydrogen) atoms. The molecule has 2 heterocycles. The minimum atomic E-state index is -0.166. The van der Waals surface area contributed by atoms with Crippen LogP contribution in [0.25, 0.3) is 0 Å². The maximum atomic E-state index is 8.62. The molecule has 0 aliphatic carbocycles. The highest BCUT2D eigenvalue weighted by molar-refractivity contribution is 5.36. The van der Waals surface area contributed by atoms with Gasteiger partial charge in [-0.2, -0.15) is 0 Å². The molecule has 4 nitrogen and oxygen atoms in total. The maximum Gasteiger partial charge on any atom is 0.139 e. The molecule has 0 aromatic carbocycles. The van der Waals surface area contributed by atoms with Crippen LogP contribution < -0.4 is 4.74 Å². The van der Waals surface area contributed by atoms with Gasteiger partial charge in [0.2, 0.25) is 0 Å². The lowest BCUT2D eigenvalue weighted by molar-refractivity contribution is 0.304. The fourth-order valence-electron chi connectivity index (χ4n) is 1.36. The molecule has 90 valence electrons. The van der Waals surface area contributed by atoms with Gasteiger partial charge in [-0.25, -0.2) is 0 Å². The van der Waals surface area contributed by atoms with E-state index in [-0.39, 0.29) is 6.61 Å². The molecule has 0 aliphatic heterocycles. The molecule has 1 N–H and O–H groups in total. The van der Waals surface area contributed by atoms with Gasteiger partial charge in [-0.05, 0) is 12.1 Å². The molecular formula is C14H12N2O2. The van der Waals surface area contributed by atoms with E-state index in [0.717, 1.165) is 5.56 Å². The Hall–Kier alpha value is -2.38. The molecule has 0 spiro atoms. The summed E-state index contributed by atoms with van der Waals surface area (Å²) in [6, 6.07) is 5.59. The van der Waals surface area contributed by atoms with Gasteiger partial charge in [-0.1, -0.05) is 17.9 Å². The first-order valence-corrected chi connectivity index (χ1v) is 5.45. The van der Waals surface area contributed by atoms with Crippen molar-refractivity contribution in [3.05, 3.63) is 54.1 Å². The van der Waals surface area contributed by atoms with Gasteiger partial charge in [-0.3, -0.25) is 9.97 Å². The average molecular weight is 240 g/mol. The van der Waals surface area contributed by atoms with Crippen molar-refractivity contribution in [3.63, 3.8) is 0 Å². The summed E-state index contributed by atoms with van der Waals surface area (Å²) in [4.78, 5) is 8.03. The van der Waals surface area contributed by atoms with Crippen LogP contribution in [0.1, 0.15) is 11.1 Å². The zero-order valence-electron chi connectivity index (χ0n) is 9.71. The number of aliphatic hydroxyl groups is 1. The molecule has 2 aromatic rings. The first-order valence-electron chi connectivity index (χ1n) is 5.45. The molecule has 2 aromatic heterocycles. The smallest absolute Gasteiger partial charge is 0.139 e. The second-order valence-electron chi connectivity index (χ2n) is 3.52. The van der Waals surface area contributed by atoms with E-state index in [1.807, 2.05) is 12.1 Å². The Bertz CT molecular complexity index is 559. The van der Waals surface area contributed by atoms with Crippen molar-refractivity contribution in [1.82, 2.24) is 9.97 Å². The van der Waals surface area contributed by atoms with Crippen molar-refractivity contribution >= 4 is 0 Å². The minimum absolute atomic E-state index is 0.166. The molecule has 0 bridgehead atoms. The van der Waals surface area contributed by atoms with Crippen LogP contribution in [0.5, 0.6) is 5.75 Å². The molecule has 0 saturated carbocycles. The van der Waals surface area contributed by atoms with E-state index in [9.17, 15) is 0 Å². The van der Waals surface area contributed by atoms with Crippen molar-refractivity contribution in [2.24, 2.45) is 0 Å². The van der Waals surface area contributed by atoms with Crippen molar-refractivity contribution in [2.75, 3.05) is 6.61 Å². The Morgan fingerprint density at radius 3 is 2.94 bits per heavy atom. The summed E-state index contributed by atoms with van der Waals surface area (Å²) in [5, 5.41) is 8.62. The van der Waals surface area contributed by atoms with E-state index < -0.39 is 0 Å². The van der Waals surface area contributed by atoms with Crippen molar-refractivity contribution in [2.45, 2.75) is 6.61 Å². The molecule has 0 unspecified atom stereocenters. The topological polar surface area (TPSA) is 55.2 Å². The summed E-state index contributed by atoms with van der Waals surface area (Å²) in [6.45, 7) is 0.271. The normalized spacial score (nSPS) is 9.39. The summed E-state index contributed by atoms with van der Waals surface area (Å²) < 4.78 is 5.58. The van der Waals surface area contributed by atoms with Crippen LogP contribution in [0, 0.1) is 11.8 Å². The predicted molar refractivity (Wildman–Crippen MR) is 66.8 cm³/mol. The Labute approximate surface area is 105 Å². The van der Waals surface area contributed by atoms with Gasteiger partial charge in [0.05, 0.1) is 6.20 Å². The summed E-state index contributed by atoms with van der Waals surface area (Å²) in [6.07, 6.45) is 6.72. The first kappa shape index (κ1) is 12.1. The second kappa shape index (κ2) is 6.38. The monoisotopic (exact) mass is 240 g/mol. The molecule has 0 amide bonds. The summed E-state index contributed by atoms with van der Waals surface area (Å²) in [5.74, 6) is 5.99. The number of pyridine rings is 2. The Kier molecular flexibility index (Phi) is 4.28. The predicted octanol–water partition coefficient (Wildman–Crippen LogP) is 1.40. The Morgan fingerprint density at radius 1 is 1.22 bits per heavy atom. The summed E-state index contributed by atoms with van der Waals surface area (Å²) in [7, 11) is 0. The number of aromatic nitrogens is 2. The zero-order valence-corrected chi connectivity index (χ0v) is 9.71. The molecule has 0 radical (unpaired) electrons. The highest BCUT2D eigenvalue weighted by Gasteiger charge is 1.97. The maximum absolute atomic E-state index is 8.62. The van der Waals surface area contributed by atoms with Crippen molar-refractivity contribution in [3.8, 4) is 17.6 Å². The minimum Gasteiger partial charge on any atom is -0.487 e. The Balaban J connectivity index is 2.01. The molecule has 4 heteroatoms. The highest BCUT2D eigenvalue weighted by atomic mass is 16.5. The fourth-order valence-corrected chi connectivity index (χ4v) is 1.36. The van der Waals surface area contributed by atoms with Crippen LogP contribution in [-0.4, -0.2) is 21.7 Å². The second-order valence-corrected chi connectivity index (χ2v) is 3.52. The molecule has 2 rings (SSSR count). The van der Waals surface area contributed by atoms with Crippen LogP contribution in [0.2, 0.25) is 0 Å². The lowest BCUT2D eigenvalue weighted by Gasteiger charge is -2.05. The third kappa shape index (κ3) is 3.58. The number of hydrogen-bond acceptors (Lipinski definition) is 4. The molecular weight excluding hydrogens is 228 g/mol. The van der Waals surface area contributed by atoms with Crippen LogP contribution >= 0.6 is 0 Å². The van der Waals surface area contributed by atoms with Gasteiger partial charge < -0.3 is 9.84 Å². The van der Waals surface area contributed by atoms with Gasteiger partial charge in [0, 0.05) is 29.7 Å². The molecule has 0 fully saturated rings. The Morgan fingerprint density at radius 2 is 2.17 bits per heavy atom. The fraction of sp³-hybridized carbons (Fsp3) is 0.143. The first-order chi connectivity index (χ1) is 8.88. The highest BCUT2D eigenvalue weighted by Crippen LogP contribution is 2.12. The van der Waals surface area contributed by atoms with Crippen molar-refractivity contribution < 1.29 is 9.84 Å². The zero-order chi connectivity index (χ0) is 12.6. The lowest BCUT2D eigenvalue weighted by Crippen LogP contribution is -1.96. The number of hydrogen-bond donors (Lipinski definition) is 1. The van der Waals surface area contributed by atoms with E-state index in [0.29, 0.717) is 17.9 Å². The van der Waals surface area contributed by atoms with E-state index in [1.54, 1.807) is 30.9 Å². The molecule has 0 atom stereocenters.